The fourth-order valence-electron chi connectivity index (χ4n) is 7.65. The van der Waals surface area contributed by atoms with Crippen molar-refractivity contribution in [3.8, 4) is 0 Å². The summed E-state index contributed by atoms with van der Waals surface area (Å²) < 4.78 is 11.8. The highest BCUT2D eigenvalue weighted by atomic mass is 35.5. The van der Waals surface area contributed by atoms with Gasteiger partial charge in [0.15, 0.2) is 0 Å². The summed E-state index contributed by atoms with van der Waals surface area (Å²) >= 11 is 5.57. The van der Waals surface area contributed by atoms with Gasteiger partial charge < -0.3 is 52.0 Å². The van der Waals surface area contributed by atoms with E-state index in [2.05, 4.69) is 83.1 Å². The summed E-state index contributed by atoms with van der Waals surface area (Å²) in [5.74, 6) is 1.02. The molecular weight excluding hydrogens is 1150 g/mol. The zero-order valence-corrected chi connectivity index (χ0v) is 56.8. The molecule has 0 aliphatic carbocycles. The Kier molecular flexibility index (Phi) is 56.2. The molecule has 10 heterocycles. The lowest BCUT2D eigenvalue weighted by molar-refractivity contribution is 0.0125. The van der Waals surface area contributed by atoms with Crippen LogP contribution in [0.15, 0.2) is 171 Å². The first-order chi connectivity index (χ1) is 43.9. The van der Waals surface area contributed by atoms with Crippen LogP contribution in [0.25, 0.3) is 0 Å². The van der Waals surface area contributed by atoms with E-state index in [-0.39, 0.29) is 26.4 Å². The topological polar surface area (TPSA) is 279 Å². The van der Waals surface area contributed by atoms with Crippen molar-refractivity contribution < 1.29 is 29.9 Å². The van der Waals surface area contributed by atoms with Crippen LogP contribution < -0.4 is 22.1 Å². The summed E-state index contributed by atoms with van der Waals surface area (Å²) in [6, 6.07) is 31.4. The molecule has 2 aliphatic heterocycles. The molecule has 0 amide bonds. The molecule has 90 heavy (non-hydrogen) atoms. The van der Waals surface area contributed by atoms with Crippen molar-refractivity contribution in [2.24, 2.45) is 5.73 Å². The minimum Gasteiger partial charge on any atom is -0.392 e. The van der Waals surface area contributed by atoms with Crippen molar-refractivity contribution in [1.29, 1.82) is 0 Å². The second-order valence-electron chi connectivity index (χ2n) is 19.2. The molecule has 0 saturated carbocycles. The van der Waals surface area contributed by atoms with E-state index >= 15 is 0 Å². The fourth-order valence-corrected chi connectivity index (χ4v) is 7.82. The number of anilines is 1. The van der Waals surface area contributed by atoms with Crippen molar-refractivity contribution in [2.75, 3.05) is 25.9 Å². The highest BCUT2D eigenvalue weighted by Gasteiger charge is 2.19. The van der Waals surface area contributed by atoms with Gasteiger partial charge in [-0.1, -0.05) is 48.5 Å². The quantitative estimate of drug-likeness (QED) is 0.0528. The van der Waals surface area contributed by atoms with E-state index in [9.17, 15) is 0 Å². The molecule has 10 rings (SSSR count). The van der Waals surface area contributed by atoms with Crippen molar-refractivity contribution in [3.05, 3.63) is 233 Å². The van der Waals surface area contributed by atoms with Gasteiger partial charge >= 0.3 is 0 Å². The standard InChI is InChI=1S/C13H20N2O.C12H18N2O.C7H8ClN.C7H9NO.C7H9N.C6H8N2O.2C6H7NO.3C2H6.CH5N/c1-10-7-12(3-5-14-10)9-16-13-4-6-15-11(2)8-13;1-10-8-12(4-7-14-10)15-9-11-2-5-13-6-3-11;1-6-4-7(5-8)2-3-9-6;1-6-4-7(5-9)2-3-8-6;1-2-7-3-5-8-6-4-7;7-6-3-5(4-9)1-2-8-6;2*8-5-6-1-3-7-4-2-6;4*1-2/h3,5,7,11,13,15H,4,6,8-9H2,1-2H3;2-3,5-6,10,12,14H,4,7-9H2,1H3;2-4H,5H2,1H3;2-4,9H,5H2,1H3;3-6H,2H2,1H3;1-3,9H,4H2,(H2,7,8);2*1-4,8H,5H2;3*1-2H3;2H2,1H3. The Morgan fingerprint density at radius 2 is 0.733 bits per heavy atom. The highest BCUT2D eigenvalue weighted by molar-refractivity contribution is 6.17. The molecule has 0 spiro atoms. The van der Waals surface area contributed by atoms with Gasteiger partial charge in [0.05, 0.1) is 51.8 Å². The second-order valence-corrected chi connectivity index (χ2v) is 19.4. The van der Waals surface area contributed by atoms with Gasteiger partial charge in [-0.25, -0.2) is 4.98 Å². The smallest absolute Gasteiger partial charge is 0.123 e. The third-order valence-corrected chi connectivity index (χ3v) is 12.5. The third-order valence-electron chi connectivity index (χ3n) is 12.1. The molecule has 0 radical (unpaired) electrons. The van der Waals surface area contributed by atoms with Crippen molar-refractivity contribution in [2.45, 2.75) is 185 Å². The number of hydrogen-bond donors (Lipinski definition) is 8. The zero-order valence-electron chi connectivity index (χ0n) is 56.1. The Morgan fingerprint density at radius 3 is 1.02 bits per heavy atom. The fraction of sp³-hybridized carbons (Fsp3) is 0.437. The maximum Gasteiger partial charge on any atom is 0.123 e. The number of rotatable bonds is 12. The van der Waals surface area contributed by atoms with E-state index in [1.807, 2.05) is 142 Å². The lowest BCUT2D eigenvalue weighted by atomic mass is 10.0. The van der Waals surface area contributed by atoms with E-state index in [1.165, 1.54) is 23.7 Å². The number of aliphatic hydroxyl groups excluding tert-OH is 4. The van der Waals surface area contributed by atoms with Crippen LogP contribution in [0.1, 0.15) is 150 Å². The summed E-state index contributed by atoms with van der Waals surface area (Å²) in [5, 5.41) is 41.1. The number of pyridine rings is 8. The van der Waals surface area contributed by atoms with Crippen LogP contribution >= 0.6 is 11.6 Å². The molecule has 8 aromatic rings. The minimum atomic E-state index is 0.0206. The SMILES string of the molecule is CC.CC.CC.CC1CC(OCc2ccncc2)CCN1.CCc1ccncc1.CN.Cc1cc(CCl)ccn1.Cc1cc(CO)ccn1.Cc1cc(COC2CCNC(C)C2)ccn1.Nc1cc(CO)ccn1.OCc1ccncc1.OCc1ccncc1. The zero-order chi connectivity index (χ0) is 67.4. The van der Waals surface area contributed by atoms with Crippen LogP contribution in [0.3, 0.4) is 0 Å². The Morgan fingerprint density at radius 1 is 0.433 bits per heavy atom. The molecule has 4 atom stereocenters. The molecule has 0 aromatic carbocycles. The van der Waals surface area contributed by atoms with Crippen LogP contribution in [0, 0.1) is 20.8 Å². The number of halogens is 1. The number of nitrogens with zero attached hydrogens (tertiary/aromatic N) is 8. The average Bonchev–Trinajstić information content (AvgIpc) is 3.80. The molecule has 2 saturated heterocycles. The molecule has 18 nitrogen and oxygen atoms in total. The highest BCUT2D eigenvalue weighted by Crippen LogP contribution is 2.16. The first-order valence-electron chi connectivity index (χ1n) is 31.1. The van der Waals surface area contributed by atoms with Crippen molar-refractivity contribution >= 4 is 17.4 Å². The molecule has 2 fully saturated rings. The third kappa shape index (κ3) is 45.2. The van der Waals surface area contributed by atoms with Gasteiger partial charge in [0.2, 0.25) is 0 Å². The van der Waals surface area contributed by atoms with Gasteiger partial charge in [-0.15, -0.1) is 11.6 Å². The van der Waals surface area contributed by atoms with Crippen molar-refractivity contribution in [3.63, 3.8) is 0 Å². The van der Waals surface area contributed by atoms with Crippen LogP contribution in [0.2, 0.25) is 0 Å². The molecule has 19 heteroatoms. The summed E-state index contributed by atoms with van der Waals surface area (Å²) in [6.07, 6.45) is 27.2. The predicted octanol–water partition coefficient (Wildman–Crippen LogP) is 12.4. The number of aryl methyl sites for hydroxylation is 4. The summed E-state index contributed by atoms with van der Waals surface area (Å²) in [5.41, 5.74) is 21.3. The molecule has 0 bridgehead atoms. The number of alkyl halides is 1. The monoisotopic (exact) mass is 1260 g/mol. The van der Waals surface area contributed by atoms with E-state index in [0.717, 1.165) is 90.1 Å². The average molecular weight is 1260 g/mol. The number of piperidine rings is 2. The van der Waals surface area contributed by atoms with Crippen LogP contribution in [-0.2, 0) is 61.4 Å². The minimum absolute atomic E-state index is 0.0206. The number of nitrogens with one attached hydrogen (secondary N) is 2. The molecule has 8 aromatic heterocycles. The molecular formula is C71H109ClN12O6. The number of ether oxygens (including phenoxy) is 2. The molecule has 496 valence electrons. The first-order valence-corrected chi connectivity index (χ1v) is 31.7. The number of nitrogens with two attached hydrogens (primary N) is 2. The van der Waals surface area contributed by atoms with Gasteiger partial charge in [0.25, 0.3) is 0 Å². The van der Waals surface area contributed by atoms with E-state index < -0.39 is 0 Å². The Hall–Kier alpha value is -7.07. The van der Waals surface area contributed by atoms with Crippen molar-refractivity contribution in [1.82, 2.24) is 50.5 Å². The van der Waals surface area contributed by atoms with Gasteiger partial charge in [0.1, 0.15) is 5.82 Å². The van der Waals surface area contributed by atoms with Gasteiger partial charge in [-0.2, -0.15) is 0 Å². The summed E-state index contributed by atoms with van der Waals surface area (Å²) in [6.45, 7) is 28.3. The lowest BCUT2D eigenvalue weighted by Crippen LogP contribution is -2.39. The molecule has 2 aliphatic rings. The summed E-state index contributed by atoms with van der Waals surface area (Å²) in [4.78, 5) is 31.4. The molecule has 4 unspecified atom stereocenters. The Bertz CT molecular complexity index is 2620. The molecule has 10 N–H and O–H groups in total. The lowest BCUT2D eigenvalue weighted by Gasteiger charge is -2.28. The van der Waals surface area contributed by atoms with Gasteiger partial charge in [0, 0.05) is 109 Å². The second kappa shape index (κ2) is 59.5. The van der Waals surface area contributed by atoms with E-state index in [0.29, 0.717) is 49.2 Å². The normalized spacial score (nSPS) is 14.5. The Balaban J connectivity index is 0. The van der Waals surface area contributed by atoms with Crippen LogP contribution in [0.5, 0.6) is 0 Å². The Labute approximate surface area is 544 Å². The maximum atomic E-state index is 8.63. The van der Waals surface area contributed by atoms with Crippen LogP contribution in [0.4, 0.5) is 5.82 Å². The van der Waals surface area contributed by atoms with Gasteiger partial charge in [-0.05, 0) is 228 Å². The predicted molar refractivity (Wildman–Crippen MR) is 370 cm³/mol. The van der Waals surface area contributed by atoms with E-state index in [1.54, 1.807) is 85.8 Å². The van der Waals surface area contributed by atoms with E-state index in [4.69, 9.17) is 47.2 Å². The number of aliphatic hydroxyl groups is 4. The first kappa shape index (κ1) is 85.0. The largest absolute Gasteiger partial charge is 0.392 e. The number of hydrogen-bond acceptors (Lipinski definition) is 18. The number of nitrogen functional groups attached to an aromatic ring is 1. The maximum absolute atomic E-state index is 8.63. The number of aromatic nitrogens is 8. The van der Waals surface area contributed by atoms with Crippen LogP contribution in [-0.4, -0.2) is 105 Å². The summed E-state index contributed by atoms with van der Waals surface area (Å²) in [7, 11) is 1.50. The van der Waals surface area contributed by atoms with Gasteiger partial charge in [-0.3, -0.25) is 34.9 Å².